The van der Waals surface area contributed by atoms with E-state index in [1.165, 1.54) is 6.20 Å². The van der Waals surface area contributed by atoms with Crippen LogP contribution in [0.2, 0.25) is 0 Å². The molecule has 1 aromatic rings. The van der Waals surface area contributed by atoms with E-state index in [0.29, 0.717) is 11.5 Å². The first-order valence-corrected chi connectivity index (χ1v) is 6.67. The normalized spacial score (nSPS) is 20.4. The van der Waals surface area contributed by atoms with Crippen molar-refractivity contribution in [2.24, 2.45) is 11.0 Å². The van der Waals surface area contributed by atoms with Crippen LogP contribution in [0, 0.1) is 5.92 Å². The molecular formula is C16H19N3O. The van der Waals surface area contributed by atoms with Gasteiger partial charge in [0.25, 0.3) is 5.91 Å². The standard InChI is InChI=1S/C16H19N3O/c1-11(2)13-7-6-12(3)15(9-13)18-19-16(20)14-5-4-8-17-10-14/h4-6,8,10,13H,1,7,9H2,2-3H3,(H,19,20)/b18-15+/t13-/m0/s1. The van der Waals surface area contributed by atoms with E-state index < -0.39 is 0 Å². The van der Waals surface area contributed by atoms with Gasteiger partial charge in [0.15, 0.2) is 0 Å². The van der Waals surface area contributed by atoms with Gasteiger partial charge in [-0.1, -0.05) is 18.2 Å². The third-order valence-corrected chi connectivity index (χ3v) is 3.52. The molecule has 104 valence electrons. The second kappa shape index (κ2) is 6.28. The molecule has 0 unspecified atom stereocenters. The summed E-state index contributed by atoms with van der Waals surface area (Å²) in [7, 11) is 0. The zero-order valence-electron chi connectivity index (χ0n) is 11.9. The van der Waals surface area contributed by atoms with E-state index in [2.05, 4.69) is 28.2 Å². The van der Waals surface area contributed by atoms with Gasteiger partial charge in [0.1, 0.15) is 0 Å². The van der Waals surface area contributed by atoms with Gasteiger partial charge in [-0.05, 0) is 50.3 Å². The third-order valence-electron chi connectivity index (χ3n) is 3.52. The number of hydrogen-bond acceptors (Lipinski definition) is 3. The molecule has 1 atom stereocenters. The molecule has 0 radical (unpaired) electrons. The Morgan fingerprint density at radius 2 is 2.35 bits per heavy atom. The molecule has 1 N–H and O–H groups in total. The van der Waals surface area contributed by atoms with Gasteiger partial charge in [0.2, 0.25) is 0 Å². The fourth-order valence-electron chi connectivity index (χ4n) is 2.10. The van der Waals surface area contributed by atoms with Crippen LogP contribution in [0.4, 0.5) is 0 Å². The van der Waals surface area contributed by atoms with E-state index in [1.807, 2.05) is 13.8 Å². The van der Waals surface area contributed by atoms with Crippen LogP contribution in [0.3, 0.4) is 0 Å². The summed E-state index contributed by atoms with van der Waals surface area (Å²) >= 11 is 0. The quantitative estimate of drug-likeness (QED) is 0.677. The van der Waals surface area contributed by atoms with E-state index in [1.54, 1.807) is 18.3 Å². The van der Waals surface area contributed by atoms with Gasteiger partial charge >= 0.3 is 0 Å². The Kier molecular flexibility index (Phi) is 4.45. The number of nitrogens with one attached hydrogen (secondary N) is 1. The molecule has 0 saturated heterocycles. The highest BCUT2D eigenvalue weighted by molar-refractivity contribution is 6.02. The summed E-state index contributed by atoms with van der Waals surface area (Å²) in [5, 5.41) is 4.25. The first kappa shape index (κ1) is 14.2. The highest BCUT2D eigenvalue weighted by Crippen LogP contribution is 2.26. The molecule has 4 heteroatoms. The van der Waals surface area contributed by atoms with Crippen molar-refractivity contribution in [3.05, 3.63) is 53.9 Å². The Morgan fingerprint density at radius 3 is 3.00 bits per heavy atom. The molecule has 0 bridgehead atoms. The molecule has 2 rings (SSSR count). The van der Waals surface area contributed by atoms with Gasteiger partial charge in [-0.2, -0.15) is 5.10 Å². The molecule has 1 aromatic heterocycles. The molecular weight excluding hydrogens is 250 g/mol. The lowest BCUT2D eigenvalue weighted by Gasteiger charge is -2.22. The van der Waals surface area contributed by atoms with E-state index in [4.69, 9.17) is 0 Å². The Bertz CT molecular complexity index is 573. The van der Waals surface area contributed by atoms with Crippen LogP contribution in [0.15, 0.2) is 53.4 Å². The molecule has 20 heavy (non-hydrogen) atoms. The van der Waals surface area contributed by atoms with E-state index in [-0.39, 0.29) is 5.91 Å². The highest BCUT2D eigenvalue weighted by Gasteiger charge is 2.18. The molecule has 0 aliphatic heterocycles. The maximum Gasteiger partial charge on any atom is 0.272 e. The van der Waals surface area contributed by atoms with Crippen molar-refractivity contribution in [2.45, 2.75) is 26.7 Å². The van der Waals surface area contributed by atoms with Gasteiger partial charge in [-0.15, -0.1) is 0 Å². The number of rotatable bonds is 3. The van der Waals surface area contributed by atoms with Gasteiger partial charge in [-0.25, -0.2) is 5.43 Å². The van der Waals surface area contributed by atoms with Crippen molar-refractivity contribution < 1.29 is 4.79 Å². The lowest BCUT2D eigenvalue weighted by atomic mass is 9.85. The van der Waals surface area contributed by atoms with Crippen LogP contribution in [0.5, 0.6) is 0 Å². The molecule has 0 saturated carbocycles. The van der Waals surface area contributed by atoms with Crippen molar-refractivity contribution >= 4 is 11.6 Å². The minimum absolute atomic E-state index is 0.240. The minimum Gasteiger partial charge on any atom is -0.267 e. The van der Waals surface area contributed by atoms with Gasteiger partial charge in [0.05, 0.1) is 11.3 Å². The predicted octanol–water partition coefficient (Wildman–Crippen LogP) is 3.10. The average Bonchev–Trinajstić information content (AvgIpc) is 2.46. The number of pyridine rings is 1. The number of carbonyl (C=O) groups excluding carboxylic acids is 1. The summed E-state index contributed by atoms with van der Waals surface area (Å²) in [6.45, 7) is 8.05. The topological polar surface area (TPSA) is 54.4 Å². The van der Waals surface area contributed by atoms with Crippen LogP contribution in [0.1, 0.15) is 37.0 Å². The van der Waals surface area contributed by atoms with Crippen LogP contribution in [-0.4, -0.2) is 16.6 Å². The van der Waals surface area contributed by atoms with E-state index in [0.717, 1.165) is 29.7 Å². The number of carbonyl (C=O) groups is 1. The first-order chi connectivity index (χ1) is 9.58. The van der Waals surface area contributed by atoms with Crippen LogP contribution in [0.25, 0.3) is 0 Å². The first-order valence-electron chi connectivity index (χ1n) is 6.67. The summed E-state index contributed by atoms with van der Waals surface area (Å²) in [6.07, 6.45) is 7.13. The summed E-state index contributed by atoms with van der Waals surface area (Å²) in [4.78, 5) is 15.8. The SMILES string of the molecule is C=C(C)[C@H]1CC=C(C)/C(=N/NC(=O)c2cccnc2)C1. The maximum atomic E-state index is 11.9. The highest BCUT2D eigenvalue weighted by atomic mass is 16.2. The predicted molar refractivity (Wildman–Crippen MR) is 80.4 cm³/mol. The van der Waals surface area contributed by atoms with Gasteiger partial charge in [-0.3, -0.25) is 9.78 Å². The van der Waals surface area contributed by atoms with Crippen molar-refractivity contribution in [1.82, 2.24) is 10.4 Å². The molecule has 1 heterocycles. The molecule has 1 aliphatic carbocycles. The third kappa shape index (κ3) is 3.41. The van der Waals surface area contributed by atoms with Gasteiger partial charge < -0.3 is 0 Å². The molecule has 1 amide bonds. The fourth-order valence-corrected chi connectivity index (χ4v) is 2.10. The number of aromatic nitrogens is 1. The number of hydrogen-bond donors (Lipinski definition) is 1. The zero-order valence-corrected chi connectivity index (χ0v) is 11.9. The number of hydrazone groups is 1. The molecule has 0 fully saturated rings. The lowest BCUT2D eigenvalue weighted by molar-refractivity contribution is 0.0954. The fraction of sp³-hybridized carbons (Fsp3) is 0.312. The Morgan fingerprint density at radius 1 is 1.55 bits per heavy atom. The van der Waals surface area contributed by atoms with Crippen molar-refractivity contribution in [1.29, 1.82) is 0 Å². The zero-order chi connectivity index (χ0) is 14.5. The summed E-state index contributed by atoms with van der Waals surface area (Å²) in [5.74, 6) is 0.170. The van der Waals surface area contributed by atoms with Crippen LogP contribution < -0.4 is 5.43 Å². The average molecular weight is 269 g/mol. The van der Waals surface area contributed by atoms with Crippen LogP contribution in [-0.2, 0) is 0 Å². The van der Waals surface area contributed by atoms with Crippen molar-refractivity contribution in [2.75, 3.05) is 0 Å². The molecule has 1 aliphatic rings. The lowest BCUT2D eigenvalue weighted by Crippen LogP contribution is -2.23. The Hall–Kier alpha value is -2.23. The largest absolute Gasteiger partial charge is 0.272 e. The Labute approximate surface area is 119 Å². The number of amides is 1. The van der Waals surface area contributed by atoms with E-state index >= 15 is 0 Å². The van der Waals surface area contributed by atoms with Crippen molar-refractivity contribution in [3.63, 3.8) is 0 Å². The summed E-state index contributed by atoms with van der Waals surface area (Å²) in [6, 6.07) is 3.44. The van der Waals surface area contributed by atoms with Crippen molar-refractivity contribution in [3.8, 4) is 0 Å². The summed E-state index contributed by atoms with van der Waals surface area (Å²) in [5.41, 5.74) is 6.29. The smallest absolute Gasteiger partial charge is 0.267 e. The molecule has 0 spiro atoms. The van der Waals surface area contributed by atoms with Crippen LogP contribution >= 0.6 is 0 Å². The maximum absolute atomic E-state index is 11.9. The van der Waals surface area contributed by atoms with Gasteiger partial charge in [0, 0.05) is 12.4 Å². The minimum atomic E-state index is -0.240. The Balaban J connectivity index is 2.07. The second-order valence-corrected chi connectivity index (χ2v) is 5.11. The molecule has 4 nitrogen and oxygen atoms in total. The van der Waals surface area contributed by atoms with E-state index in [9.17, 15) is 4.79 Å². The number of nitrogens with zero attached hydrogens (tertiary/aromatic N) is 2. The monoisotopic (exact) mass is 269 g/mol. The second-order valence-electron chi connectivity index (χ2n) is 5.11. The number of allylic oxidation sites excluding steroid dienone is 3. The molecule has 0 aromatic carbocycles. The summed E-state index contributed by atoms with van der Waals surface area (Å²) < 4.78 is 0.